The first-order valence-corrected chi connectivity index (χ1v) is 11.4. The number of carbonyl (C=O) groups excluding carboxylic acids is 1. The monoisotopic (exact) mass is 424 g/mol. The molecule has 0 aromatic carbocycles. The largest absolute Gasteiger partial charge is 0.353 e. The van der Waals surface area contributed by atoms with Crippen LogP contribution in [0.25, 0.3) is 0 Å². The first kappa shape index (κ1) is 20.4. The van der Waals surface area contributed by atoms with E-state index in [1.807, 2.05) is 12.3 Å². The van der Waals surface area contributed by atoms with Crippen LogP contribution in [-0.4, -0.2) is 64.0 Å². The van der Waals surface area contributed by atoms with Gasteiger partial charge in [-0.1, -0.05) is 0 Å². The van der Waals surface area contributed by atoms with E-state index in [1.54, 1.807) is 40.5 Å². The minimum Gasteiger partial charge on any atom is -0.353 e. The number of nitrogens with zero attached hydrogens (tertiary/aromatic N) is 6. The summed E-state index contributed by atoms with van der Waals surface area (Å²) in [5.41, 5.74) is 1.31. The summed E-state index contributed by atoms with van der Waals surface area (Å²) in [4.78, 5) is 38.1. The quantitative estimate of drug-likeness (QED) is 0.719. The summed E-state index contributed by atoms with van der Waals surface area (Å²) in [5, 5.41) is 9.37. The van der Waals surface area contributed by atoms with Crippen LogP contribution in [0.2, 0.25) is 0 Å². The van der Waals surface area contributed by atoms with Crippen molar-refractivity contribution < 1.29 is 4.79 Å². The molecule has 8 nitrogen and oxygen atoms in total. The standard InChI is InChI=1S/C21H24N6O2S/c1-25(7-8-30-2)20(28)16-3-4-18-15-9-14(12-27(18)21(16)29)11-26(13-15)19-17(10-22)23-5-6-24-19/h3-6,14-15H,7-9,11-13H2,1-2H3/t14-,15+/m0/s1. The molecule has 0 spiro atoms. The fourth-order valence-corrected chi connectivity index (χ4v) is 4.91. The molecule has 0 N–H and O–H groups in total. The Morgan fingerprint density at radius 1 is 1.30 bits per heavy atom. The van der Waals surface area contributed by atoms with Crippen LogP contribution >= 0.6 is 11.8 Å². The van der Waals surface area contributed by atoms with Gasteiger partial charge in [0.15, 0.2) is 11.5 Å². The lowest BCUT2D eigenvalue weighted by molar-refractivity contribution is 0.0800. The molecule has 1 amide bonds. The highest BCUT2D eigenvalue weighted by Crippen LogP contribution is 2.37. The van der Waals surface area contributed by atoms with Gasteiger partial charge in [-0.25, -0.2) is 9.97 Å². The number of hydrogen-bond acceptors (Lipinski definition) is 7. The van der Waals surface area contributed by atoms with E-state index in [2.05, 4.69) is 20.9 Å². The molecular weight excluding hydrogens is 400 g/mol. The van der Waals surface area contributed by atoms with Crippen molar-refractivity contribution in [3.63, 3.8) is 0 Å². The molecule has 1 fully saturated rings. The average molecular weight is 425 g/mol. The number of fused-ring (bicyclic) bond motifs is 4. The maximum atomic E-state index is 13.1. The molecule has 1 saturated heterocycles. The summed E-state index contributed by atoms with van der Waals surface area (Å²) in [7, 11) is 1.74. The van der Waals surface area contributed by atoms with Crippen LogP contribution < -0.4 is 10.5 Å². The molecule has 156 valence electrons. The van der Waals surface area contributed by atoms with Crippen LogP contribution in [0.3, 0.4) is 0 Å². The number of hydrogen-bond donors (Lipinski definition) is 0. The molecule has 9 heteroatoms. The van der Waals surface area contributed by atoms with Gasteiger partial charge in [-0.2, -0.15) is 17.0 Å². The van der Waals surface area contributed by atoms with Gasteiger partial charge in [0, 0.05) is 63.0 Å². The lowest BCUT2D eigenvalue weighted by Gasteiger charge is -2.43. The predicted octanol–water partition coefficient (Wildman–Crippen LogP) is 1.57. The maximum Gasteiger partial charge on any atom is 0.263 e. The van der Waals surface area contributed by atoms with Gasteiger partial charge in [0.1, 0.15) is 11.6 Å². The van der Waals surface area contributed by atoms with Crippen molar-refractivity contribution in [1.82, 2.24) is 19.4 Å². The van der Waals surface area contributed by atoms with Crippen LogP contribution in [0.4, 0.5) is 5.82 Å². The third-order valence-electron chi connectivity index (χ3n) is 5.90. The van der Waals surface area contributed by atoms with Gasteiger partial charge < -0.3 is 14.4 Å². The number of amides is 1. The number of carbonyl (C=O) groups is 1. The van der Waals surface area contributed by atoms with E-state index in [0.717, 1.165) is 17.9 Å². The topological polar surface area (TPSA) is 95.1 Å². The highest BCUT2D eigenvalue weighted by atomic mass is 32.2. The zero-order valence-electron chi connectivity index (χ0n) is 17.1. The fourth-order valence-electron chi connectivity index (χ4n) is 4.46. The molecule has 4 heterocycles. The molecule has 0 saturated carbocycles. The number of pyridine rings is 1. The zero-order chi connectivity index (χ0) is 21.3. The minimum absolute atomic E-state index is 0.150. The summed E-state index contributed by atoms with van der Waals surface area (Å²) in [5.74, 6) is 1.62. The lowest BCUT2D eigenvalue weighted by Crippen LogP contribution is -2.48. The number of nitriles is 1. The minimum atomic E-state index is -0.222. The summed E-state index contributed by atoms with van der Waals surface area (Å²) >= 11 is 1.67. The van der Waals surface area contributed by atoms with E-state index in [9.17, 15) is 14.9 Å². The van der Waals surface area contributed by atoms with Crippen molar-refractivity contribution in [3.05, 3.63) is 51.8 Å². The highest BCUT2D eigenvalue weighted by Gasteiger charge is 2.36. The summed E-state index contributed by atoms with van der Waals surface area (Å²) in [6, 6.07) is 5.71. The van der Waals surface area contributed by atoms with Crippen LogP contribution in [0.15, 0.2) is 29.3 Å². The van der Waals surface area contributed by atoms with Gasteiger partial charge in [-0.3, -0.25) is 9.59 Å². The summed E-state index contributed by atoms with van der Waals surface area (Å²) in [6.07, 6.45) is 6.11. The normalized spacial score (nSPS) is 19.7. The fraction of sp³-hybridized carbons (Fsp3) is 0.476. The Hall–Kier alpha value is -2.86. The lowest BCUT2D eigenvalue weighted by atomic mass is 9.83. The number of piperidine rings is 1. The Balaban J connectivity index is 1.62. The molecule has 2 aromatic heterocycles. The molecule has 0 aliphatic carbocycles. The molecule has 30 heavy (non-hydrogen) atoms. The van der Waals surface area contributed by atoms with Crippen LogP contribution in [0, 0.1) is 17.2 Å². The van der Waals surface area contributed by atoms with Gasteiger partial charge in [-0.05, 0) is 30.7 Å². The number of aromatic nitrogens is 3. The summed E-state index contributed by atoms with van der Waals surface area (Å²) < 4.78 is 1.79. The number of anilines is 1. The van der Waals surface area contributed by atoms with Crippen LogP contribution in [-0.2, 0) is 6.54 Å². The van der Waals surface area contributed by atoms with Crippen molar-refractivity contribution in [2.75, 3.05) is 43.6 Å². The number of thioether (sulfide) groups is 1. The Labute approximate surface area is 179 Å². The van der Waals surface area contributed by atoms with Gasteiger partial charge >= 0.3 is 0 Å². The molecule has 0 unspecified atom stereocenters. The first-order valence-electron chi connectivity index (χ1n) is 9.97. The van der Waals surface area contributed by atoms with Crippen molar-refractivity contribution in [2.45, 2.75) is 18.9 Å². The second kappa shape index (κ2) is 8.48. The average Bonchev–Trinajstić information content (AvgIpc) is 2.77. The zero-order valence-corrected chi connectivity index (χ0v) is 17.9. The molecular formula is C21H24N6O2S. The summed E-state index contributed by atoms with van der Waals surface area (Å²) in [6.45, 7) is 2.56. The molecule has 2 aliphatic heterocycles. The Kier molecular flexibility index (Phi) is 5.77. The Morgan fingerprint density at radius 3 is 2.87 bits per heavy atom. The van der Waals surface area contributed by atoms with Gasteiger partial charge in [0.05, 0.1) is 0 Å². The maximum absolute atomic E-state index is 13.1. The Bertz CT molecular complexity index is 1060. The molecule has 4 rings (SSSR count). The highest BCUT2D eigenvalue weighted by molar-refractivity contribution is 7.98. The third kappa shape index (κ3) is 3.67. The van der Waals surface area contributed by atoms with Crippen molar-refractivity contribution >= 4 is 23.5 Å². The second-order valence-corrected chi connectivity index (χ2v) is 8.84. The van der Waals surface area contributed by atoms with Gasteiger partial charge in [0.2, 0.25) is 0 Å². The Morgan fingerprint density at radius 2 is 2.10 bits per heavy atom. The predicted molar refractivity (Wildman–Crippen MR) is 116 cm³/mol. The van der Waals surface area contributed by atoms with Crippen LogP contribution in [0.5, 0.6) is 0 Å². The third-order valence-corrected chi connectivity index (χ3v) is 6.49. The van der Waals surface area contributed by atoms with E-state index >= 15 is 0 Å². The first-order chi connectivity index (χ1) is 14.5. The molecule has 0 radical (unpaired) electrons. The molecule has 2 atom stereocenters. The molecule has 2 aromatic rings. The molecule has 2 bridgehead atoms. The van der Waals surface area contributed by atoms with Gasteiger partial charge in [-0.15, -0.1) is 0 Å². The molecule has 2 aliphatic rings. The SMILES string of the molecule is CSCCN(C)C(=O)c1ccc2n(c1=O)C[C@H]1C[C@@H]2CN(c2nccnc2C#N)C1. The number of rotatable bonds is 5. The van der Waals surface area contributed by atoms with E-state index < -0.39 is 0 Å². The van der Waals surface area contributed by atoms with E-state index in [0.29, 0.717) is 37.7 Å². The van der Waals surface area contributed by atoms with Gasteiger partial charge in [0.25, 0.3) is 11.5 Å². The van der Waals surface area contributed by atoms with Crippen molar-refractivity contribution in [1.29, 1.82) is 5.26 Å². The smallest absolute Gasteiger partial charge is 0.263 e. The second-order valence-electron chi connectivity index (χ2n) is 7.85. The van der Waals surface area contributed by atoms with Crippen molar-refractivity contribution in [2.24, 2.45) is 5.92 Å². The van der Waals surface area contributed by atoms with Crippen LogP contribution in [0.1, 0.15) is 34.1 Å². The van der Waals surface area contributed by atoms with Crippen molar-refractivity contribution in [3.8, 4) is 6.07 Å². The van der Waals surface area contributed by atoms with E-state index in [-0.39, 0.29) is 28.9 Å². The van der Waals surface area contributed by atoms with E-state index in [4.69, 9.17) is 0 Å². The van der Waals surface area contributed by atoms with E-state index in [1.165, 1.54) is 6.20 Å².